The van der Waals surface area contributed by atoms with Crippen molar-refractivity contribution in [3.63, 3.8) is 0 Å². The molecule has 0 saturated heterocycles. The number of hydrogen-bond donors (Lipinski definition) is 3. The van der Waals surface area contributed by atoms with E-state index in [0.29, 0.717) is 11.4 Å². The molecular weight excluding hydrogens is 242 g/mol. The Labute approximate surface area is 114 Å². The summed E-state index contributed by atoms with van der Waals surface area (Å²) in [5, 5.41) is 25.5. The van der Waals surface area contributed by atoms with Crippen molar-refractivity contribution in [3.05, 3.63) is 16.8 Å². The highest BCUT2D eigenvalue weighted by Gasteiger charge is 2.21. The predicted octanol–water partition coefficient (Wildman–Crippen LogP) is 0.702. The van der Waals surface area contributed by atoms with E-state index in [2.05, 4.69) is 10.2 Å². The Bertz CT molecular complexity index is 461. The molecule has 0 aliphatic rings. The zero-order valence-corrected chi connectivity index (χ0v) is 12.1. The van der Waals surface area contributed by atoms with Crippen molar-refractivity contribution in [2.45, 2.75) is 39.7 Å². The lowest BCUT2D eigenvalue weighted by molar-refractivity contribution is 0.269. The van der Waals surface area contributed by atoms with Gasteiger partial charge in [0.2, 0.25) is 0 Å². The monoisotopic (exact) mass is 265 g/mol. The van der Waals surface area contributed by atoms with Crippen molar-refractivity contribution in [2.75, 3.05) is 18.6 Å². The summed E-state index contributed by atoms with van der Waals surface area (Å²) in [7, 11) is 1.82. The van der Waals surface area contributed by atoms with E-state index in [-0.39, 0.29) is 18.5 Å². The molecule has 0 aromatic carbocycles. The minimum absolute atomic E-state index is 0.00607. The first kappa shape index (κ1) is 15.4. The average molecular weight is 265 g/mol. The molecule has 0 aliphatic carbocycles. The molecule has 0 fully saturated rings. The number of nitrogens with zero attached hydrogens (tertiary/aromatic N) is 3. The Balaban J connectivity index is 3.44. The lowest BCUT2D eigenvalue weighted by Crippen LogP contribution is -2.35. The number of rotatable bonds is 6. The molecule has 1 heterocycles. The smallest absolute Gasteiger partial charge is 0.162 e. The quantitative estimate of drug-likeness (QED) is 0.519. The van der Waals surface area contributed by atoms with Gasteiger partial charge in [-0.2, -0.15) is 5.10 Å². The molecule has 6 heteroatoms. The molecule has 0 spiro atoms. The van der Waals surface area contributed by atoms with Gasteiger partial charge in [0, 0.05) is 7.05 Å². The van der Waals surface area contributed by atoms with Crippen LogP contribution in [0.4, 0.5) is 5.82 Å². The van der Waals surface area contributed by atoms with Gasteiger partial charge in [-0.1, -0.05) is 13.8 Å². The second-order valence-electron chi connectivity index (χ2n) is 4.59. The normalized spacial score (nSPS) is 12.3. The molecule has 1 unspecified atom stereocenters. The largest absolute Gasteiger partial charge is 0.394 e. The molecule has 4 N–H and O–H groups in total. The lowest BCUT2D eigenvalue weighted by atomic mass is 10.0. The Hall–Kier alpha value is -1.69. The molecule has 0 amide bonds. The Kier molecular flexibility index (Phi) is 5.23. The van der Waals surface area contributed by atoms with Crippen LogP contribution in [0.2, 0.25) is 0 Å². The molecule has 6 nitrogen and oxygen atoms in total. The minimum atomic E-state index is -0.107. The third-order valence-corrected chi connectivity index (χ3v) is 3.36. The highest BCUT2D eigenvalue weighted by atomic mass is 16.3. The SMILES string of the molecule is CCc1nnc(N(C)C(C)CO)c(C(=N)N)c1CC. The van der Waals surface area contributed by atoms with E-state index in [1.165, 1.54) is 0 Å². The summed E-state index contributed by atoms with van der Waals surface area (Å²) >= 11 is 0. The Morgan fingerprint density at radius 1 is 1.37 bits per heavy atom. The number of nitrogen functional groups attached to an aromatic ring is 1. The summed E-state index contributed by atoms with van der Waals surface area (Å²) in [5.41, 5.74) is 8.20. The third kappa shape index (κ3) is 3.01. The van der Waals surface area contributed by atoms with E-state index >= 15 is 0 Å². The summed E-state index contributed by atoms with van der Waals surface area (Å²) in [6.45, 7) is 5.91. The highest BCUT2D eigenvalue weighted by Crippen LogP contribution is 2.24. The summed E-state index contributed by atoms with van der Waals surface area (Å²) in [4.78, 5) is 1.81. The van der Waals surface area contributed by atoms with Crippen molar-refractivity contribution in [2.24, 2.45) is 5.73 Å². The fourth-order valence-electron chi connectivity index (χ4n) is 2.02. The fraction of sp³-hybridized carbons (Fsp3) is 0.615. The van der Waals surface area contributed by atoms with Gasteiger partial charge in [-0.25, -0.2) is 0 Å². The van der Waals surface area contributed by atoms with Crippen molar-refractivity contribution in [1.82, 2.24) is 10.2 Å². The van der Waals surface area contributed by atoms with Gasteiger partial charge in [0.15, 0.2) is 5.82 Å². The Morgan fingerprint density at radius 2 is 2.00 bits per heavy atom. The minimum Gasteiger partial charge on any atom is -0.394 e. The number of aliphatic hydroxyl groups is 1. The van der Waals surface area contributed by atoms with Crippen LogP contribution >= 0.6 is 0 Å². The second kappa shape index (κ2) is 6.47. The molecule has 0 aliphatic heterocycles. The zero-order chi connectivity index (χ0) is 14.6. The maximum Gasteiger partial charge on any atom is 0.162 e. The number of anilines is 1. The molecule has 1 aromatic heterocycles. The topological polar surface area (TPSA) is 99.1 Å². The van der Waals surface area contributed by atoms with Crippen LogP contribution in [0, 0.1) is 5.41 Å². The van der Waals surface area contributed by atoms with E-state index < -0.39 is 0 Å². The molecular formula is C13H23N5O. The number of aryl methyl sites for hydroxylation is 1. The molecule has 0 radical (unpaired) electrons. The number of nitrogens with one attached hydrogen (secondary N) is 1. The van der Waals surface area contributed by atoms with E-state index in [0.717, 1.165) is 24.1 Å². The van der Waals surface area contributed by atoms with Crippen LogP contribution in [-0.2, 0) is 12.8 Å². The number of nitrogens with two attached hydrogens (primary N) is 1. The first-order chi connectivity index (χ1) is 8.97. The molecule has 0 bridgehead atoms. The van der Waals surface area contributed by atoms with E-state index in [1.54, 1.807) is 0 Å². The third-order valence-electron chi connectivity index (χ3n) is 3.36. The molecule has 19 heavy (non-hydrogen) atoms. The van der Waals surface area contributed by atoms with Crippen LogP contribution < -0.4 is 10.6 Å². The lowest BCUT2D eigenvalue weighted by Gasteiger charge is -2.27. The van der Waals surface area contributed by atoms with Crippen LogP contribution in [0.25, 0.3) is 0 Å². The maximum absolute atomic E-state index is 9.25. The summed E-state index contributed by atoms with van der Waals surface area (Å²) in [6, 6.07) is -0.107. The highest BCUT2D eigenvalue weighted by molar-refractivity contribution is 6.01. The summed E-state index contributed by atoms with van der Waals surface area (Å²) < 4.78 is 0. The van der Waals surface area contributed by atoms with Gasteiger partial charge in [-0.15, -0.1) is 5.10 Å². The van der Waals surface area contributed by atoms with Crippen LogP contribution in [0.15, 0.2) is 0 Å². The van der Waals surface area contributed by atoms with E-state index in [9.17, 15) is 5.11 Å². The Morgan fingerprint density at radius 3 is 2.42 bits per heavy atom. The predicted molar refractivity (Wildman–Crippen MR) is 76.8 cm³/mol. The summed E-state index contributed by atoms with van der Waals surface area (Å²) in [5.74, 6) is 0.552. The molecule has 1 rings (SSSR count). The van der Waals surface area contributed by atoms with E-state index in [1.807, 2.05) is 32.7 Å². The van der Waals surface area contributed by atoms with Crippen molar-refractivity contribution in [1.29, 1.82) is 5.41 Å². The zero-order valence-electron chi connectivity index (χ0n) is 12.1. The van der Waals surface area contributed by atoms with Gasteiger partial charge in [-0.05, 0) is 25.3 Å². The van der Waals surface area contributed by atoms with Crippen LogP contribution in [-0.4, -0.2) is 40.8 Å². The fourth-order valence-corrected chi connectivity index (χ4v) is 2.02. The first-order valence-electron chi connectivity index (χ1n) is 6.54. The second-order valence-corrected chi connectivity index (χ2v) is 4.59. The molecule has 106 valence electrons. The van der Waals surface area contributed by atoms with E-state index in [4.69, 9.17) is 11.1 Å². The maximum atomic E-state index is 9.25. The van der Waals surface area contributed by atoms with Gasteiger partial charge in [0.1, 0.15) is 5.84 Å². The summed E-state index contributed by atoms with van der Waals surface area (Å²) in [6.07, 6.45) is 1.51. The standard InChI is InChI=1S/C13H23N5O/c1-5-9-10(6-2)16-17-13(11(9)12(14)15)18(4)8(3)7-19/h8,19H,5-7H2,1-4H3,(H3,14,15). The van der Waals surface area contributed by atoms with Crippen molar-refractivity contribution in [3.8, 4) is 0 Å². The van der Waals surface area contributed by atoms with Crippen LogP contribution in [0.5, 0.6) is 0 Å². The van der Waals surface area contributed by atoms with Crippen molar-refractivity contribution < 1.29 is 5.11 Å². The number of likely N-dealkylation sites (N-methyl/N-ethyl adjacent to an activating group) is 1. The number of aromatic nitrogens is 2. The van der Waals surface area contributed by atoms with Gasteiger partial charge < -0.3 is 15.7 Å². The number of amidine groups is 1. The first-order valence-corrected chi connectivity index (χ1v) is 6.54. The van der Waals surface area contributed by atoms with Gasteiger partial charge in [-0.3, -0.25) is 5.41 Å². The van der Waals surface area contributed by atoms with Crippen LogP contribution in [0.1, 0.15) is 37.6 Å². The molecule has 1 aromatic rings. The van der Waals surface area contributed by atoms with Crippen LogP contribution in [0.3, 0.4) is 0 Å². The van der Waals surface area contributed by atoms with Crippen molar-refractivity contribution >= 4 is 11.7 Å². The number of aliphatic hydroxyl groups excluding tert-OH is 1. The van der Waals surface area contributed by atoms with Gasteiger partial charge >= 0.3 is 0 Å². The van der Waals surface area contributed by atoms with Gasteiger partial charge in [0.05, 0.1) is 23.9 Å². The number of hydrogen-bond acceptors (Lipinski definition) is 5. The average Bonchev–Trinajstić information content (AvgIpc) is 2.43. The molecule has 0 saturated carbocycles. The van der Waals surface area contributed by atoms with Gasteiger partial charge in [0.25, 0.3) is 0 Å². The molecule has 1 atom stereocenters.